The van der Waals surface area contributed by atoms with Gasteiger partial charge in [-0.15, -0.1) is 0 Å². The van der Waals surface area contributed by atoms with Crippen LogP contribution in [0.1, 0.15) is 12.8 Å². The predicted molar refractivity (Wildman–Crippen MR) is 81.1 cm³/mol. The number of hydrogen-bond donors (Lipinski definition) is 2. The molecule has 1 aliphatic rings. The van der Waals surface area contributed by atoms with Gasteiger partial charge in [-0.1, -0.05) is 11.6 Å². The van der Waals surface area contributed by atoms with Gasteiger partial charge in [0.25, 0.3) is 0 Å². The van der Waals surface area contributed by atoms with Crippen molar-refractivity contribution in [1.29, 1.82) is 0 Å². The van der Waals surface area contributed by atoms with Gasteiger partial charge in [0.1, 0.15) is 4.90 Å². The molecule has 0 bridgehead atoms. The lowest BCUT2D eigenvalue weighted by Gasteiger charge is -2.21. The number of nitrogens with two attached hydrogens (primary N) is 1. The summed E-state index contributed by atoms with van der Waals surface area (Å²) in [6.07, 6.45) is 1.93. The normalized spacial score (nSPS) is 17.3. The summed E-state index contributed by atoms with van der Waals surface area (Å²) >= 11 is 7.60. The van der Waals surface area contributed by atoms with E-state index in [1.165, 1.54) is 6.07 Å². The van der Waals surface area contributed by atoms with Crippen LogP contribution < -0.4 is 10.5 Å². The van der Waals surface area contributed by atoms with E-state index >= 15 is 0 Å². The summed E-state index contributed by atoms with van der Waals surface area (Å²) in [5, 5.41) is 0.0957. The van der Waals surface area contributed by atoms with Crippen molar-refractivity contribution in [3.63, 3.8) is 0 Å². The van der Waals surface area contributed by atoms with E-state index in [-0.39, 0.29) is 10.7 Å². The molecule has 0 atom stereocenters. The summed E-state index contributed by atoms with van der Waals surface area (Å²) < 4.78 is 40.5. The summed E-state index contributed by atoms with van der Waals surface area (Å²) in [5.41, 5.74) is 5.13. The molecule has 20 heavy (non-hydrogen) atoms. The SMILES string of the molecule is Nc1cc(Cl)cc(S(=O)(=O)NCC2CCSCC2)c1F. The number of anilines is 1. The van der Waals surface area contributed by atoms with Gasteiger partial charge >= 0.3 is 0 Å². The van der Waals surface area contributed by atoms with Crippen LogP contribution in [0.25, 0.3) is 0 Å². The minimum atomic E-state index is -3.93. The van der Waals surface area contributed by atoms with Gasteiger partial charge in [-0.25, -0.2) is 17.5 Å². The number of benzene rings is 1. The van der Waals surface area contributed by atoms with E-state index < -0.39 is 20.7 Å². The highest BCUT2D eigenvalue weighted by Gasteiger charge is 2.23. The van der Waals surface area contributed by atoms with Crippen molar-refractivity contribution in [2.75, 3.05) is 23.8 Å². The lowest BCUT2D eigenvalue weighted by Crippen LogP contribution is -2.31. The minimum Gasteiger partial charge on any atom is -0.396 e. The van der Waals surface area contributed by atoms with Gasteiger partial charge < -0.3 is 5.73 Å². The third-order valence-corrected chi connectivity index (χ3v) is 5.91. The fraction of sp³-hybridized carbons (Fsp3) is 0.500. The Morgan fingerprint density at radius 2 is 2.05 bits per heavy atom. The highest BCUT2D eigenvalue weighted by Crippen LogP contribution is 2.26. The first kappa shape index (κ1) is 15.9. The monoisotopic (exact) mass is 338 g/mol. The average molecular weight is 339 g/mol. The summed E-state index contributed by atoms with van der Waals surface area (Å²) in [6.45, 7) is 0.314. The van der Waals surface area contributed by atoms with Gasteiger partial charge in [0.15, 0.2) is 5.82 Å². The number of sulfonamides is 1. The lowest BCUT2D eigenvalue weighted by atomic mass is 10.0. The van der Waals surface area contributed by atoms with Crippen molar-refractivity contribution in [3.8, 4) is 0 Å². The Morgan fingerprint density at radius 3 is 2.70 bits per heavy atom. The van der Waals surface area contributed by atoms with Gasteiger partial charge in [0, 0.05) is 11.6 Å². The van der Waals surface area contributed by atoms with Crippen LogP contribution in [-0.4, -0.2) is 26.5 Å². The first-order valence-corrected chi connectivity index (χ1v) is 9.23. The number of rotatable bonds is 4. The standard InChI is InChI=1S/C12H16ClFN2O2S2/c13-9-5-10(15)12(14)11(6-9)20(17,18)16-7-8-1-3-19-4-2-8/h5-6,8,16H,1-4,7,15H2. The molecule has 2 rings (SSSR count). The smallest absolute Gasteiger partial charge is 0.243 e. The van der Waals surface area contributed by atoms with E-state index in [1.54, 1.807) is 0 Å². The molecule has 0 unspecified atom stereocenters. The fourth-order valence-corrected chi connectivity index (χ4v) is 4.78. The number of hydrogen-bond acceptors (Lipinski definition) is 4. The highest BCUT2D eigenvalue weighted by molar-refractivity contribution is 7.99. The number of nitrogen functional groups attached to an aromatic ring is 1. The molecule has 1 aromatic carbocycles. The Morgan fingerprint density at radius 1 is 1.40 bits per heavy atom. The minimum absolute atomic E-state index is 0.0957. The highest BCUT2D eigenvalue weighted by atomic mass is 35.5. The molecule has 1 aliphatic heterocycles. The van der Waals surface area contributed by atoms with E-state index in [2.05, 4.69) is 4.72 Å². The summed E-state index contributed by atoms with van der Waals surface area (Å²) in [5.74, 6) is 1.40. The zero-order chi connectivity index (χ0) is 14.8. The molecular formula is C12H16ClFN2O2S2. The van der Waals surface area contributed by atoms with E-state index in [0.29, 0.717) is 12.5 Å². The Kier molecular flexibility index (Phi) is 5.17. The van der Waals surface area contributed by atoms with Crippen molar-refractivity contribution < 1.29 is 12.8 Å². The van der Waals surface area contributed by atoms with Crippen molar-refractivity contribution in [3.05, 3.63) is 23.0 Å². The molecule has 1 fully saturated rings. The molecule has 0 radical (unpaired) electrons. The molecule has 0 aliphatic carbocycles. The average Bonchev–Trinajstić information content (AvgIpc) is 2.42. The second-order valence-corrected chi connectivity index (χ2v) is 8.11. The second-order valence-electron chi connectivity index (χ2n) is 4.71. The number of nitrogens with one attached hydrogen (secondary N) is 1. The molecule has 112 valence electrons. The largest absolute Gasteiger partial charge is 0.396 e. The quantitative estimate of drug-likeness (QED) is 0.827. The van der Waals surface area contributed by atoms with Crippen molar-refractivity contribution in [1.82, 2.24) is 4.72 Å². The van der Waals surface area contributed by atoms with Crippen molar-refractivity contribution >= 4 is 39.1 Å². The van der Waals surface area contributed by atoms with Crippen LogP contribution in [0.4, 0.5) is 10.1 Å². The van der Waals surface area contributed by atoms with E-state index in [1.807, 2.05) is 11.8 Å². The van der Waals surface area contributed by atoms with Crippen LogP contribution in [0.2, 0.25) is 5.02 Å². The van der Waals surface area contributed by atoms with Gasteiger partial charge in [0.2, 0.25) is 10.0 Å². The molecule has 0 spiro atoms. The van der Waals surface area contributed by atoms with Crippen LogP contribution >= 0.6 is 23.4 Å². The maximum absolute atomic E-state index is 13.8. The molecule has 1 aromatic rings. The van der Waals surface area contributed by atoms with Crippen LogP contribution in [0.15, 0.2) is 17.0 Å². The van der Waals surface area contributed by atoms with Crippen LogP contribution in [-0.2, 0) is 10.0 Å². The Labute approximate surface area is 127 Å². The van der Waals surface area contributed by atoms with Crippen molar-refractivity contribution in [2.45, 2.75) is 17.7 Å². The summed E-state index contributed by atoms with van der Waals surface area (Å²) in [6, 6.07) is 2.26. The molecule has 0 amide bonds. The first-order chi connectivity index (χ1) is 9.40. The Balaban J connectivity index is 2.14. The molecule has 1 saturated heterocycles. The van der Waals surface area contributed by atoms with Gasteiger partial charge in [-0.3, -0.25) is 0 Å². The van der Waals surface area contributed by atoms with E-state index in [4.69, 9.17) is 17.3 Å². The molecule has 0 aromatic heterocycles. The summed E-state index contributed by atoms with van der Waals surface area (Å²) in [7, 11) is -3.93. The summed E-state index contributed by atoms with van der Waals surface area (Å²) in [4.78, 5) is -0.493. The third-order valence-electron chi connectivity index (χ3n) is 3.22. The van der Waals surface area contributed by atoms with Gasteiger partial charge in [0.05, 0.1) is 5.69 Å². The molecule has 3 N–H and O–H groups in total. The third kappa shape index (κ3) is 3.78. The Hall–Kier alpha value is -0.500. The van der Waals surface area contributed by atoms with Gasteiger partial charge in [-0.2, -0.15) is 11.8 Å². The van der Waals surface area contributed by atoms with E-state index in [9.17, 15) is 12.8 Å². The van der Waals surface area contributed by atoms with Crippen molar-refractivity contribution in [2.24, 2.45) is 5.92 Å². The predicted octanol–water partition coefficient (Wildman–Crippen LogP) is 2.48. The molecule has 1 heterocycles. The Bertz CT molecular complexity index is 589. The lowest BCUT2D eigenvalue weighted by molar-refractivity contribution is 0.475. The molecule has 4 nitrogen and oxygen atoms in total. The number of thioether (sulfide) groups is 1. The zero-order valence-corrected chi connectivity index (χ0v) is 13.1. The maximum Gasteiger partial charge on any atom is 0.243 e. The number of halogens is 2. The van der Waals surface area contributed by atoms with Gasteiger partial charge in [-0.05, 0) is 42.4 Å². The maximum atomic E-state index is 13.8. The van der Waals surface area contributed by atoms with Crippen LogP contribution in [0.5, 0.6) is 0 Å². The molecular weight excluding hydrogens is 323 g/mol. The fourth-order valence-electron chi connectivity index (χ4n) is 2.04. The molecule has 8 heteroatoms. The van der Waals surface area contributed by atoms with Crippen LogP contribution in [0, 0.1) is 11.7 Å². The zero-order valence-electron chi connectivity index (χ0n) is 10.7. The van der Waals surface area contributed by atoms with E-state index in [0.717, 1.165) is 30.4 Å². The second kappa shape index (κ2) is 6.51. The first-order valence-electron chi connectivity index (χ1n) is 6.22. The van der Waals surface area contributed by atoms with Crippen LogP contribution in [0.3, 0.4) is 0 Å². The molecule has 0 saturated carbocycles. The topological polar surface area (TPSA) is 72.2 Å².